The third-order valence-electron chi connectivity index (χ3n) is 2.03. The number of aryl methyl sites for hydroxylation is 1. The zero-order valence-electron chi connectivity index (χ0n) is 9.75. The van der Waals surface area contributed by atoms with Crippen LogP contribution in [0.4, 0.5) is 10.5 Å². The van der Waals surface area contributed by atoms with Crippen LogP contribution in [0.1, 0.15) is 9.88 Å². The van der Waals surface area contributed by atoms with Crippen LogP contribution in [0, 0.1) is 6.92 Å². The Labute approximate surface area is 115 Å². The van der Waals surface area contributed by atoms with Crippen LogP contribution in [-0.4, -0.2) is 11.1 Å². The van der Waals surface area contributed by atoms with Gasteiger partial charge in [-0.2, -0.15) is 0 Å². The minimum atomic E-state index is -0.456. The van der Waals surface area contributed by atoms with Gasteiger partial charge >= 0.3 is 6.09 Å². The van der Waals surface area contributed by atoms with Gasteiger partial charge in [0.1, 0.15) is 6.61 Å². The second kappa shape index (κ2) is 6.98. The summed E-state index contributed by atoms with van der Waals surface area (Å²) in [5, 5.41) is 3.61. The van der Waals surface area contributed by atoms with Gasteiger partial charge in [0.05, 0.1) is 9.88 Å². The minimum Gasteiger partial charge on any atom is -0.444 e. The number of carbonyl (C=O) groups is 1. The number of halogens is 1. The van der Waals surface area contributed by atoms with E-state index < -0.39 is 6.09 Å². The molecule has 1 aromatic heterocycles. The Kier molecular flexibility index (Phi) is 5.61. The van der Waals surface area contributed by atoms with Crippen LogP contribution in [0.2, 0.25) is 0 Å². The lowest BCUT2D eigenvalue weighted by Gasteiger charge is -2.05. The van der Waals surface area contributed by atoms with Gasteiger partial charge in [-0.1, -0.05) is 18.2 Å². The van der Waals surface area contributed by atoms with Gasteiger partial charge in [-0.05, 0) is 19.1 Å². The molecule has 4 nitrogen and oxygen atoms in total. The summed E-state index contributed by atoms with van der Waals surface area (Å²) in [6.45, 7) is 2.17. The van der Waals surface area contributed by atoms with E-state index in [1.807, 2.05) is 25.1 Å². The number of amides is 1. The molecule has 0 spiro atoms. The van der Waals surface area contributed by atoms with Crippen molar-refractivity contribution in [1.29, 1.82) is 0 Å². The first-order valence-electron chi connectivity index (χ1n) is 5.14. The Morgan fingerprint density at radius 3 is 2.72 bits per heavy atom. The van der Waals surface area contributed by atoms with Gasteiger partial charge < -0.3 is 4.74 Å². The molecule has 0 radical (unpaired) electrons. The molecule has 0 saturated heterocycles. The lowest BCUT2D eigenvalue weighted by molar-refractivity contribution is 0.156. The van der Waals surface area contributed by atoms with E-state index >= 15 is 0 Å². The minimum absolute atomic E-state index is 0. The van der Waals surface area contributed by atoms with Gasteiger partial charge in [-0.3, -0.25) is 5.32 Å². The number of benzene rings is 1. The summed E-state index contributed by atoms with van der Waals surface area (Å²) < 4.78 is 5.07. The molecule has 0 bridgehead atoms. The van der Waals surface area contributed by atoms with Crippen molar-refractivity contribution in [2.75, 3.05) is 5.32 Å². The molecule has 0 atom stereocenters. The van der Waals surface area contributed by atoms with Gasteiger partial charge in [-0.25, -0.2) is 9.78 Å². The van der Waals surface area contributed by atoms with E-state index in [4.69, 9.17) is 4.74 Å². The molecule has 96 valence electrons. The van der Waals surface area contributed by atoms with Crippen LogP contribution in [0.25, 0.3) is 0 Å². The molecule has 0 unspecified atom stereocenters. The Morgan fingerprint density at radius 1 is 1.39 bits per heavy atom. The molecule has 0 fully saturated rings. The molecule has 2 aromatic rings. The van der Waals surface area contributed by atoms with Crippen molar-refractivity contribution in [3.05, 3.63) is 46.4 Å². The monoisotopic (exact) mass is 284 g/mol. The van der Waals surface area contributed by atoms with E-state index in [0.717, 1.165) is 15.6 Å². The number of aromatic nitrogens is 1. The largest absolute Gasteiger partial charge is 0.444 e. The van der Waals surface area contributed by atoms with Crippen LogP contribution in [0.15, 0.2) is 36.5 Å². The number of rotatable bonds is 3. The zero-order chi connectivity index (χ0) is 12.1. The van der Waals surface area contributed by atoms with E-state index in [2.05, 4.69) is 10.3 Å². The average molecular weight is 285 g/mol. The van der Waals surface area contributed by atoms with Crippen LogP contribution in [-0.2, 0) is 11.3 Å². The average Bonchev–Trinajstić information content (AvgIpc) is 2.74. The van der Waals surface area contributed by atoms with E-state index in [9.17, 15) is 4.79 Å². The number of thiazole rings is 1. The van der Waals surface area contributed by atoms with Crippen LogP contribution in [0.5, 0.6) is 0 Å². The fourth-order valence-electron chi connectivity index (χ4n) is 1.28. The number of para-hydroxylation sites is 1. The van der Waals surface area contributed by atoms with Crippen LogP contribution < -0.4 is 5.32 Å². The number of nitrogens with zero attached hydrogens (tertiary/aromatic N) is 1. The standard InChI is InChI=1S/C12H12N2O2S.ClH/c1-9-13-7-11(17-9)8-16-12(15)14-10-5-3-2-4-6-10;/h2-7H,8H2,1H3,(H,14,15);1H. The number of nitrogens with one attached hydrogen (secondary N) is 1. The highest BCUT2D eigenvalue weighted by Crippen LogP contribution is 2.13. The summed E-state index contributed by atoms with van der Waals surface area (Å²) in [6.07, 6.45) is 1.26. The third-order valence-corrected chi connectivity index (χ3v) is 2.92. The van der Waals surface area contributed by atoms with Crippen molar-refractivity contribution < 1.29 is 9.53 Å². The highest BCUT2D eigenvalue weighted by molar-refractivity contribution is 7.11. The maximum absolute atomic E-state index is 11.4. The number of hydrogen-bond acceptors (Lipinski definition) is 4. The predicted molar refractivity (Wildman–Crippen MR) is 74.3 cm³/mol. The molecule has 0 aliphatic rings. The highest BCUT2D eigenvalue weighted by atomic mass is 35.5. The van der Waals surface area contributed by atoms with Gasteiger partial charge in [-0.15, -0.1) is 23.7 Å². The van der Waals surface area contributed by atoms with Crippen molar-refractivity contribution in [3.8, 4) is 0 Å². The molecule has 2 rings (SSSR count). The molecule has 6 heteroatoms. The van der Waals surface area contributed by atoms with Gasteiger partial charge in [0.15, 0.2) is 0 Å². The molecular weight excluding hydrogens is 272 g/mol. The molecule has 1 amide bonds. The van der Waals surface area contributed by atoms with E-state index in [1.165, 1.54) is 11.3 Å². The SMILES string of the molecule is Cc1ncc(COC(=O)Nc2ccccc2)s1.Cl. The summed E-state index contributed by atoms with van der Waals surface area (Å²) in [7, 11) is 0. The van der Waals surface area contributed by atoms with E-state index in [1.54, 1.807) is 18.3 Å². The fourth-order valence-corrected chi connectivity index (χ4v) is 1.99. The quantitative estimate of drug-likeness (QED) is 0.936. The zero-order valence-corrected chi connectivity index (χ0v) is 11.4. The number of ether oxygens (including phenoxy) is 1. The van der Waals surface area contributed by atoms with Gasteiger partial charge in [0.2, 0.25) is 0 Å². The second-order valence-corrected chi connectivity index (χ2v) is 4.73. The van der Waals surface area contributed by atoms with Crippen LogP contribution >= 0.6 is 23.7 Å². The smallest absolute Gasteiger partial charge is 0.411 e. The van der Waals surface area contributed by atoms with Crippen molar-refractivity contribution in [2.45, 2.75) is 13.5 Å². The topological polar surface area (TPSA) is 51.2 Å². The van der Waals surface area contributed by atoms with Crippen LogP contribution in [0.3, 0.4) is 0 Å². The normalized spacial score (nSPS) is 9.39. The number of carbonyl (C=O) groups excluding carboxylic acids is 1. The van der Waals surface area contributed by atoms with Gasteiger partial charge in [0, 0.05) is 11.9 Å². The Morgan fingerprint density at radius 2 is 2.11 bits per heavy atom. The Hall–Kier alpha value is -1.59. The predicted octanol–water partition coefficient (Wildman–Crippen LogP) is 3.62. The Balaban J connectivity index is 0.00000162. The maximum atomic E-state index is 11.4. The van der Waals surface area contributed by atoms with Crippen molar-refractivity contribution in [2.24, 2.45) is 0 Å². The first-order chi connectivity index (χ1) is 8.24. The highest BCUT2D eigenvalue weighted by Gasteiger charge is 2.04. The lowest BCUT2D eigenvalue weighted by Crippen LogP contribution is -2.12. The maximum Gasteiger partial charge on any atom is 0.411 e. The molecular formula is C12H13ClN2O2S. The molecule has 0 aliphatic carbocycles. The second-order valence-electron chi connectivity index (χ2n) is 3.41. The summed E-state index contributed by atoms with van der Waals surface area (Å²) in [6, 6.07) is 9.19. The molecule has 18 heavy (non-hydrogen) atoms. The summed E-state index contributed by atoms with van der Waals surface area (Å²) in [5.41, 5.74) is 0.720. The molecule has 0 aliphatic heterocycles. The molecule has 1 aromatic carbocycles. The molecule has 1 N–H and O–H groups in total. The van der Waals surface area contributed by atoms with Crippen molar-refractivity contribution in [3.63, 3.8) is 0 Å². The molecule has 1 heterocycles. The molecule has 0 saturated carbocycles. The fraction of sp³-hybridized carbons (Fsp3) is 0.167. The lowest BCUT2D eigenvalue weighted by atomic mass is 10.3. The van der Waals surface area contributed by atoms with Crippen molar-refractivity contribution in [1.82, 2.24) is 4.98 Å². The third kappa shape index (κ3) is 4.35. The first kappa shape index (κ1) is 14.5. The Bertz CT molecular complexity index is 502. The van der Waals surface area contributed by atoms with Gasteiger partial charge in [0.25, 0.3) is 0 Å². The number of hydrogen-bond donors (Lipinski definition) is 1. The van der Waals surface area contributed by atoms with E-state index in [-0.39, 0.29) is 19.0 Å². The summed E-state index contributed by atoms with van der Waals surface area (Å²) >= 11 is 1.52. The summed E-state index contributed by atoms with van der Waals surface area (Å²) in [4.78, 5) is 16.5. The van der Waals surface area contributed by atoms with Crippen molar-refractivity contribution >= 4 is 35.5 Å². The summed E-state index contributed by atoms with van der Waals surface area (Å²) in [5.74, 6) is 0. The van der Waals surface area contributed by atoms with E-state index in [0.29, 0.717) is 0 Å². The number of anilines is 1. The first-order valence-corrected chi connectivity index (χ1v) is 5.96.